The predicted octanol–water partition coefficient (Wildman–Crippen LogP) is 0.833. The van der Waals surface area contributed by atoms with Crippen molar-refractivity contribution in [2.45, 2.75) is 12.2 Å². The Morgan fingerprint density at radius 3 is 2.07 bits per heavy atom. The fourth-order valence-corrected chi connectivity index (χ4v) is 1.99. The van der Waals surface area contributed by atoms with Gasteiger partial charge >= 0.3 is 0 Å². The van der Waals surface area contributed by atoms with Gasteiger partial charge in [0.25, 0.3) is 0 Å². The smallest absolute Gasteiger partial charge is 0.0990 e. The lowest BCUT2D eigenvalue weighted by atomic mass is 10.3. The van der Waals surface area contributed by atoms with Gasteiger partial charge in [-0.15, -0.1) is 0 Å². The van der Waals surface area contributed by atoms with Crippen molar-refractivity contribution in [3.63, 3.8) is 0 Å². The largest absolute Gasteiger partial charge is 0.389 e. The van der Waals surface area contributed by atoms with Gasteiger partial charge in [0.15, 0.2) is 0 Å². The Bertz CT molecular complexity index is 304. The minimum atomic E-state index is -0.616. The number of nitrogens with zero attached hydrogens (tertiary/aromatic N) is 1. The molecule has 0 spiro atoms. The van der Waals surface area contributed by atoms with Crippen molar-refractivity contribution < 1.29 is 10.2 Å². The quantitative estimate of drug-likeness (QED) is 0.756. The van der Waals surface area contributed by atoms with E-state index in [2.05, 4.69) is 22.6 Å². The van der Waals surface area contributed by atoms with E-state index in [1.807, 2.05) is 29.2 Å². The van der Waals surface area contributed by atoms with Crippen LogP contribution < -0.4 is 4.90 Å². The number of benzene rings is 1. The van der Waals surface area contributed by atoms with Crippen molar-refractivity contribution in [1.29, 1.82) is 0 Å². The number of hydrogen-bond acceptors (Lipinski definition) is 3. The molecule has 0 amide bonds. The molecule has 2 atom stereocenters. The summed E-state index contributed by atoms with van der Waals surface area (Å²) >= 11 is 2.25. The Balaban J connectivity index is 2.13. The fourth-order valence-electron chi connectivity index (χ4n) is 1.63. The van der Waals surface area contributed by atoms with Crippen LogP contribution >= 0.6 is 22.6 Å². The second-order valence-corrected chi connectivity index (χ2v) is 4.76. The van der Waals surface area contributed by atoms with E-state index in [1.165, 1.54) is 3.57 Å². The third-order valence-corrected chi connectivity index (χ3v) is 3.17. The maximum atomic E-state index is 9.39. The number of hydrogen-bond donors (Lipinski definition) is 2. The van der Waals surface area contributed by atoms with Crippen LogP contribution in [0, 0.1) is 3.57 Å². The monoisotopic (exact) mass is 305 g/mol. The van der Waals surface area contributed by atoms with Gasteiger partial charge in [-0.05, 0) is 46.9 Å². The molecular formula is C10H12INO2. The molecule has 2 rings (SSSR count). The van der Waals surface area contributed by atoms with Crippen LogP contribution in [0.1, 0.15) is 0 Å². The zero-order valence-electron chi connectivity index (χ0n) is 7.60. The molecule has 0 unspecified atom stereocenters. The molecule has 0 radical (unpaired) electrons. The van der Waals surface area contributed by atoms with Gasteiger partial charge in [-0.3, -0.25) is 0 Å². The first-order valence-corrected chi connectivity index (χ1v) is 5.61. The van der Waals surface area contributed by atoms with Crippen molar-refractivity contribution in [1.82, 2.24) is 0 Å². The van der Waals surface area contributed by atoms with Crippen LogP contribution in [0.15, 0.2) is 24.3 Å². The summed E-state index contributed by atoms with van der Waals surface area (Å²) in [5.41, 5.74) is 1.06. The van der Waals surface area contributed by atoms with E-state index >= 15 is 0 Å². The Kier molecular flexibility index (Phi) is 2.94. The molecule has 0 bridgehead atoms. The summed E-state index contributed by atoms with van der Waals surface area (Å²) in [4.78, 5) is 1.99. The molecule has 3 nitrogen and oxygen atoms in total. The lowest BCUT2D eigenvalue weighted by Gasteiger charge is -2.17. The predicted molar refractivity (Wildman–Crippen MR) is 63.4 cm³/mol. The van der Waals surface area contributed by atoms with Crippen LogP contribution in [0.4, 0.5) is 5.69 Å². The number of aliphatic hydroxyl groups excluding tert-OH is 2. The summed E-state index contributed by atoms with van der Waals surface area (Å²) in [6.45, 7) is 1.03. The van der Waals surface area contributed by atoms with Gasteiger partial charge in [0.2, 0.25) is 0 Å². The minimum absolute atomic E-state index is 0.516. The van der Waals surface area contributed by atoms with Gasteiger partial charge in [-0.2, -0.15) is 0 Å². The topological polar surface area (TPSA) is 43.7 Å². The maximum absolute atomic E-state index is 9.39. The molecule has 1 aromatic carbocycles. The lowest BCUT2D eigenvalue weighted by Crippen LogP contribution is -2.22. The van der Waals surface area contributed by atoms with Crippen LogP contribution in [-0.4, -0.2) is 35.5 Å². The Labute approximate surface area is 96.5 Å². The molecule has 0 saturated carbocycles. The standard InChI is InChI=1S/C10H12INO2/c11-7-1-3-8(4-2-7)12-5-9(13)10(14)6-12/h1-4,9-10,13-14H,5-6H2/t9-,10-/m0/s1. The van der Waals surface area contributed by atoms with E-state index < -0.39 is 12.2 Å². The average Bonchev–Trinajstić information content (AvgIpc) is 2.48. The number of rotatable bonds is 1. The van der Waals surface area contributed by atoms with Crippen molar-refractivity contribution in [3.05, 3.63) is 27.8 Å². The molecule has 1 aliphatic heterocycles. The van der Waals surface area contributed by atoms with E-state index in [0.29, 0.717) is 13.1 Å². The van der Waals surface area contributed by atoms with Gasteiger partial charge in [0.1, 0.15) is 0 Å². The molecule has 0 aliphatic carbocycles. The van der Waals surface area contributed by atoms with Crippen molar-refractivity contribution in [2.24, 2.45) is 0 Å². The molecule has 76 valence electrons. The van der Waals surface area contributed by atoms with Gasteiger partial charge in [-0.1, -0.05) is 0 Å². The molecule has 1 saturated heterocycles. The van der Waals surface area contributed by atoms with Crippen molar-refractivity contribution in [3.8, 4) is 0 Å². The molecule has 4 heteroatoms. The Morgan fingerprint density at radius 2 is 1.57 bits per heavy atom. The fraction of sp³-hybridized carbons (Fsp3) is 0.400. The summed E-state index contributed by atoms with van der Waals surface area (Å²) in [5, 5.41) is 18.8. The third kappa shape index (κ3) is 2.02. The third-order valence-electron chi connectivity index (χ3n) is 2.45. The highest BCUT2D eigenvalue weighted by atomic mass is 127. The zero-order chi connectivity index (χ0) is 10.1. The summed E-state index contributed by atoms with van der Waals surface area (Å²) in [7, 11) is 0. The van der Waals surface area contributed by atoms with Crippen LogP contribution in [0.3, 0.4) is 0 Å². The van der Waals surface area contributed by atoms with E-state index in [-0.39, 0.29) is 0 Å². The van der Waals surface area contributed by atoms with Crippen LogP contribution in [0.2, 0.25) is 0 Å². The molecule has 1 aromatic rings. The normalized spacial score (nSPS) is 26.9. The van der Waals surface area contributed by atoms with E-state index in [9.17, 15) is 10.2 Å². The first-order chi connectivity index (χ1) is 6.66. The molecule has 0 aromatic heterocycles. The Hall–Kier alpha value is -0.330. The van der Waals surface area contributed by atoms with Crippen molar-refractivity contribution in [2.75, 3.05) is 18.0 Å². The molecule has 1 fully saturated rings. The molecule has 2 N–H and O–H groups in total. The molecule has 1 aliphatic rings. The first kappa shape index (κ1) is 10.2. The molecule has 1 heterocycles. The molecular weight excluding hydrogens is 293 g/mol. The average molecular weight is 305 g/mol. The summed E-state index contributed by atoms with van der Waals surface area (Å²) in [5.74, 6) is 0. The highest BCUT2D eigenvalue weighted by molar-refractivity contribution is 14.1. The minimum Gasteiger partial charge on any atom is -0.389 e. The van der Waals surface area contributed by atoms with E-state index in [4.69, 9.17) is 0 Å². The number of aliphatic hydroxyl groups is 2. The van der Waals surface area contributed by atoms with Crippen LogP contribution in [0.5, 0.6) is 0 Å². The number of halogens is 1. The van der Waals surface area contributed by atoms with Gasteiger partial charge in [-0.25, -0.2) is 0 Å². The van der Waals surface area contributed by atoms with E-state index in [0.717, 1.165) is 5.69 Å². The second-order valence-electron chi connectivity index (χ2n) is 3.52. The zero-order valence-corrected chi connectivity index (χ0v) is 9.76. The van der Waals surface area contributed by atoms with Gasteiger partial charge in [0.05, 0.1) is 12.2 Å². The number of β-amino-alcohol motifs (C(OH)–C–C–N with tert-alkyl or cyclic N) is 2. The second kappa shape index (κ2) is 4.04. The van der Waals surface area contributed by atoms with Crippen LogP contribution in [-0.2, 0) is 0 Å². The number of anilines is 1. The summed E-state index contributed by atoms with van der Waals surface area (Å²) in [6, 6.07) is 8.05. The SMILES string of the molecule is O[C@H]1CN(c2ccc(I)cc2)C[C@@H]1O. The summed E-state index contributed by atoms with van der Waals surface area (Å²) < 4.78 is 1.19. The maximum Gasteiger partial charge on any atom is 0.0990 e. The first-order valence-electron chi connectivity index (χ1n) is 4.53. The lowest BCUT2D eigenvalue weighted by molar-refractivity contribution is 0.0572. The Morgan fingerprint density at radius 1 is 1.07 bits per heavy atom. The van der Waals surface area contributed by atoms with E-state index in [1.54, 1.807) is 0 Å². The highest BCUT2D eigenvalue weighted by Crippen LogP contribution is 2.21. The summed E-state index contributed by atoms with van der Waals surface area (Å²) in [6.07, 6.45) is -1.23. The van der Waals surface area contributed by atoms with Crippen LogP contribution in [0.25, 0.3) is 0 Å². The highest BCUT2D eigenvalue weighted by Gasteiger charge is 2.29. The van der Waals surface area contributed by atoms with Gasteiger partial charge < -0.3 is 15.1 Å². The van der Waals surface area contributed by atoms with Crippen molar-refractivity contribution >= 4 is 28.3 Å². The van der Waals surface area contributed by atoms with Gasteiger partial charge in [0, 0.05) is 22.3 Å². The molecule has 14 heavy (non-hydrogen) atoms.